The zero-order chi connectivity index (χ0) is 17.1. The molecule has 1 N–H and O–H groups in total. The maximum absolute atomic E-state index is 12.8. The molecule has 3 aromatic rings. The van der Waals surface area contributed by atoms with Crippen molar-refractivity contribution in [2.45, 2.75) is 25.3 Å². The van der Waals surface area contributed by atoms with E-state index in [2.05, 4.69) is 15.2 Å². The standard InChI is InChI=1S/C20H20N4O/c25-19(13-15-5-2-1-3-6-15)24-12-4-7-18(24)20-17(14-22-23-20)16-8-10-21-11-9-16/h1-3,5-6,8-11,14,18H,4,7,12-13H2,(H,22,23). The van der Waals surface area contributed by atoms with Crippen LogP contribution in [0.5, 0.6) is 0 Å². The first-order valence-electron chi connectivity index (χ1n) is 8.60. The Morgan fingerprint density at radius 3 is 2.76 bits per heavy atom. The summed E-state index contributed by atoms with van der Waals surface area (Å²) in [6, 6.07) is 13.9. The number of amides is 1. The molecule has 0 saturated carbocycles. The van der Waals surface area contributed by atoms with Crippen LogP contribution in [-0.2, 0) is 11.2 Å². The van der Waals surface area contributed by atoms with Crippen LogP contribution >= 0.6 is 0 Å². The number of H-pyrrole nitrogens is 1. The van der Waals surface area contributed by atoms with Gasteiger partial charge < -0.3 is 4.90 Å². The van der Waals surface area contributed by atoms with E-state index >= 15 is 0 Å². The summed E-state index contributed by atoms with van der Waals surface area (Å²) < 4.78 is 0. The Morgan fingerprint density at radius 2 is 1.96 bits per heavy atom. The number of nitrogens with one attached hydrogen (secondary N) is 1. The quantitative estimate of drug-likeness (QED) is 0.797. The molecule has 0 spiro atoms. The summed E-state index contributed by atoms with van der Waals surface area (Å²) >= 11 is 0. The summed E-state index contributed by atoms with van der Waals surface area (Å²) in [4.78, 5) is 18.9. The molecule has 4 rings (SSSR count). The molecule has 5 heteroatoms. The van der Waals surface area contributed by atoms with Gasteiger partial charge in [0.25, 0.3) is 0 Å². The van der Waals surface area contributed by atoms with Gasteiger partial charge in [-0.3, -0.25) is 14.9 Å². The molecule has 25 heavy (non-hydrogen) atoms. The van der Waals surface area contributed by atoms with Gasteiger partial charge in [-0.25, -0.2) is 0 Å². The number of hydrogen-bond acceptors (Lipinski definition) is 3. The van der Waals surface area contributed by atoms with Gasteiger partial charge in [-0.1, -0.05) is 30.3 Å². The maximum Gasteiger partial charge on any atom is 0.227 e. The van der Waals surface area contributed by atoms with E-state index in [4.69, 9.17) is 0 Å². The second-order valence-electron chi connectivity index (χ2n) is 6.34. The predicted octanol–water partition coefficient (Wildman–Crippen LogP) is 3.38. The van der Waals surface area contributed by atoms with Gasteiger partial charge >= 0.3 is 0 Å². The average Bonchev–Trinajstić information content (AvgIpc) is 3.32. The zero-order valence-electron chi connectivity index (χ0n) is 13.9. The number of rotatable bonds is 4. The Bertz CT molecular complexity index is 844. The minimum Gasteiger partial charge on any atom is -0.334 e. The second kappa shape index (κ2) is 6.89. The molecular weight excluding hydrogens is 312 g/mol. The Balaban J connectivity index is 1.58. The molecule has 0 bridgehead atoms. The van der Waals surface area contributed by atoms with E-state index in [1.165, 1.54) is 0 Å². The molecule has 0 aliphatic carbocycles. The summed E-state index contributed by atoms with van der Waals surface area (Å²) in [7, 11) is 0. The number of pyridine rings is 1. The molecule has 1 atom stereocenters. The third-order valence-corrected chi connectivity index (χ3v) is 4.76. The highest BCUT2D eigenvalue weighted by Gasteiger charge is 2.32. The van der Waals surface area contributed by atoms with E-state index in [9.17, 15) is 4.79 Å². The molecule has 5 nitrogen and oxygen atoms in total. The fourth-order valence-electron chi connectivity index (χ4n) is 3.55. The number of hydrogen-bond donors (Lipinski definition) is 1. The van der Waals surface area contributed by atoms with Crippen molar-refractivity contribution < 1.29 is 4.79 Å². The normalized spacial score (nSPS) is 17.0. The van der Waals surface area contributed by atoms with E-state index in [0.29, 0.717) is 6.42 Å². The molecule has 1 fully saturated rings. The summed E-state index contributed by atoms with van der Waals surface area (Å²) in [6.45, 7) is 0.797. The van der Waals surface area contributed by atoms with Crippen LogP contribution in [0.1, 0.15) is 30.1 Å². The third kappa shape index (κ3) is 3.18. The van der Waals surface area contributed by atoms with Crippen LogP contribution in [0.4, 0.5) is 0 Å². The van der Waals surface area contributed by atoms with Crippen LogP contribution in [0.3, 0.4) is 0 Å². The topological polar surface area (TPSA) is 61.9 Å². The molecular formula is C20H20N4O. The van der Waals surface area contributed by atoms with Gasteiger partial charge in [-0.05, 0) is 36.1 Å². The number of aromatic nitrogens is 3. The average molecular weight is 332 g/mol. The number of benzene rings is 1. The van der Waals surface area contributed by atoms with Gasteiger partial charge in [0.1, 0.15) is 0 Å². The molecule has 3 heterocycles. The SMILES string of the molecule is O=C(Cc1ccccc1)N1CCCC1c1[nH]ncc1-c1ccncc1. The minimum atomic E-state index is 0.0573. The number of carbonyl (C=O) groups is 1. The lowest BCUT2D eigenvalue weighted by Gasteiger charge is -2.25. The largest absolute Gasteiger partial charge is 0.334 e. The highest BCUT2D eigenvalue weighted by Crippen LogP contribution is 2.36. The molecule has 1 aromatic carbocycles. The van der Waals surface area contributed by atoms with Crippen LogP contribution < -0.4 is 0 Å². The lowest BCUT2D eigenvalue weighted by Crippen LogP contribution is -2.32. The Morgan fingerprint density at radius 1 is 1.16 bits per heavy atom. The lowest BCUT2D eigenvalue weighted by molar-refractivity contribution is -0.131. The summed E-state index contributed by atoms with van der Waals surface area (Å²) in [5, 5.41) is 7.37. The molecule has 126 valence electrons. The lowest BCUT2D eigenvalue weighted by atomic mass is 10.0. The third-order valence-electron chi connectivity index (χ3n) is 4.76. The molecule has 1 amide bonds. The van der Waals surface area contributed by atoms with Crippen LogP contribution in [0, 0.1) is 0 Å². The van der Waals surface area contributed by atoms with Crippen molar-refractivity contribution in [3.8, 4) is 11.1 Å². The first-order valence-corrected chi connectivity index (χ1v) is 8.60. The van der Waals surface area contributed by atoms with E-state index in [-0.39, 0.29) is 11.9 Å². The van der Waals surface area contributed by atoms with Crippen molar-refractivity contribution in [1.29, 1.82) is 0 Å². The molecule has 2 aromatic heterocycles. The van der Waals surface area contributed by atoms with Crippen LogP contribution in [0.25, 0.3) is 11.1 Å². The Kier molecular flexibility index (Phi) is 4.29. The molecule has 1 unspecified atom stereocenters. The Hall–Kier alpha value is -2.95. The number of nitrogens with zero attached hydrogens (tertiary/aromatic N) is 3. The Labute approximate surface area is 146 Å². The minimum absolute atomic E-state index is 0.0573. The highest BCUT2D eigenvalue weighted by molar-refractivity contribution is 5.80. The van der Waals surface area contributed by atoms with Crippen molar-refractivity contribution in [2.75, 3.05) is 6.54 Å². The van der Waals surface area contributed by atoms with Gasteiger partial charge in [0.05, 0.1) is 24.4 Å². The van der Waals surface area contributed by atoms with Crippen LogP contribution in [0.15, 0.2) is 61.1 Å². The van der Waals surface area contributed by atoms with Crippen molar-refractivity contribution in [2.24, 2.45) is 0 Å². The van der Waals surface area contributed by atoms with Crippen LogP contribution in [0.2, 0.25) is 0 Å². The van der Waals surface area contributed by atoms with Crippen molar-refractivity contribution in [1.82, 2.24) is 20.1 Å². The van der Waals surface area contributed by atoms with Crippen molar-refractivity contribution in [3.05, 3.63) is 72.3 Å². The first kappa shape index (κ1) is 15.6. The van der Waals surface area contributed by atoms with Crippen LogP contribution in [-0.4, -0.2) is 32.5 Å². The van der Waals surface area contributed by atoms with E-state index < -0.39 is 0 Å². The smallest absolute Gasteiger partial charge is 0.227 e. The van der Waals surface area contributed by atoms with Gasteiger partial charge in [0, 0.05) is 24.5 Å². The van der Waals surface area contributed by atoms with E-state index in [0.717, 1.165) is 41.8 Å². The first-order chi connectivity index (χ1) is 12.3. The van der Waals surface area contributed by atoms with Gasteiger partial charge in [0.15, 0.2) is 0 Å². The van der Waals surface area contributed by atoms with Gasteiger partial charge in [0.2, 0.25) is 5.91 Å². The number of carbonyl (C=O) groups excluding carboxylic acids is 1. The molecule has 1 saturated heterocycles. The number of likely N-dealkylation sites (tertiary alicyclic amines) is 1. The van der Waals surface area contributed by atoms with Gasteiger partial charge in [-0.2, -0.15) is 5.10 Å². The highest BCUT2D eigenvalue weighted by atomic mass is 16.2. The van der Waals surface area contributed by atoms with Crippen molar-refractivity contribution in [3.63, 3.8) is 0 Å². The molecule has 0 radical (unpaired) electrons. The maximum atomic E-state index is 12.8. The van der Waals surface area contributed by atoms with E-state index in [1.54, 1.807) is 12.4 Å². The molecule has 1 aliphatic rings. The summed E-state index contributed by atoms with van der Waals surface area (Å²) in [5.74, 6) is 0.170. The monoisotopic (exact) mass is 332 g/mol. The molecule has 1 aliphatic heterocycles. The van der Waals surface area contributed by atoms with E-state index in [1.807, 2.05) is 53.6 Å². The summed E-state index contributed by atoms with van der Waals surface area (Å²) in [6.07, 6.45) is 7.80. The fraction of sp³-hybridized carbons (Fsp3) is 0.250. The number of aromatic amines is 1. The fourth-order valence-corrected chi connectivity index (χ4v) is 3.55. The second-order valence-corrected chi connectivity index (χ2v) is 6.34. The van der Waals surface area contributed by atoms with Crippen molar-refractivity contribution >= 4 is 5.91 Å². The zero-order valence-corrected chi connectivity index (χ0v) is 13.9. The van der Waals surface area contributed by atoms with Gasteiger partial charge in [-0.15, -0.1) is 0 Å². The predicted molar refractivity (Wildman–Crippen MR) is 95.7 cm³/mol. The summed E-state index contributed by atoms with van der Waals surface area (Å²) in [5.41, 5.74) is 4.19.